The van der Waals surface area contributed by atoms with Crippen molar-refractivity contribution in [3.63, 3.8) is 0 Å². The molecular formula is C25H31NO6. The number of benzene rings is 1. The van der Waals surface area contributed by atoms with Crippen LogP contribution in [0, 0.1) is 6.92 Å². The van der Waals surface area contributed by atoms with Crippen LogP contribution in [0.3, 0.4) is 0 Å². The van der Waals surface area contributed by atoms with Crippen LogP contribution in [-0.4, -0.2) is 48.1 Å². The number of rotatable bonds is 8. The third-order valence-corrected chi connectivity index (χ3v) is 5.59. The van der Waals surface area contributed by atoms with Crippen molar-refractivity contribution in [2.45, 2.75) is 52.7 Å². The predicted molar refractivity (Wildman–Crippen MR) is 121 cm³/mol. The van der Waals surface area contributed by atoms with Crippen LogP contribution in [-0.2, 0) is 14.3 Å². The van der Waals surface area contributed by atoms with E-state index in [2.05, 4.69) is 0 Å². The van der Waals surface area contributed by atoms with Crippen molar-refractivity contribution < 1.29 is 28.6 Å². The van der Waals surface area contributed by atoms with Gasteiger partial charge in [0.15, 0.2) is 0 Å². The summed E-state index contributed by atoms with van der Waals surface area (Å²) in [5, 5.41) is 11.3. The number of aryl methyl sites for hydroxylation is 1. The summed E-state index contributed by atoms with van der Waals surface area (Å²) in [5.74, 6) is -0.397. The third kappa shape index (κ3) is 4.43. The normalized spacial score (nSPS) is 18.2. The average Bonchev–Trinajstić information content (AvgIpc) is 3.35. The van der Waals surface area contributed by atoms with Gasteiger partial charge in [0.1, 0.15) is 23.3 Å². The lowest BCUT2D eigenvalue weighted by Crippen LogP contribution is -2.33. The van der Waals surface area contributed by atoms with Gasteiger partial charge in [0, 0.05) is 12.1 Å². The fourth-order valence-corrected chi connectivity index (χ4v) is 3.97. The van der Waals surface area contributed by atoms with Crippen LogP contribution in [0.5, 0.6) is 5.75 Å². The number of methoxy groups -OCH3 is 1. The smallest absolute Gasteiger partial charge is 0.295 e. The maximum atomic E-state index is 13.1. The van der Waals surface area contributed by atoms with Crippen molar-refractivity contribution in [1.82, 2.24) is 4.90 Å². The summed E-state index contributed by atoms with van der Waals surface area (Å²) in [7, 11) is 1.60. The van der Waals surface area contributed by atoms with Gasteiger partial charge in [-0.25, -0.2) is 0 Å². The lowest BCUT2D eigenvalue weighted by atomic mass is 9.92. The van der Waals surface area contributed by atoms with Gasteiger partial charge in [0.2, 0.25) is 0 Å². The summed E-state index contributed by atoms with van der Waals surface area (Å²) in [5.41, 5.74) is 2.13. The highest BCUT2D eigenvalue weighted by Gasteiger charge is 2.47. The second kappa shape index (κ2) is 9.61. The van der Waals surface area contributed by atoms with E-state index in [1.165, 1.54) is 11.2 Å². The zero-order valence-electron chi connectivity index (χ0n) is 19.5. The first-order valence-electron chi connectivity index (χ1n) is 10.8. The van der Waals surface area contributed by atoms with Gasteiger partial charge >= 0.3 is 0 Å². The van der Waals surface area contributed by atoms with Gasteiger partial charge < -0.3 is 23.9 Å². The van der Waals surface area contributed by atoms with Crippen molar-refractivity contribution in [3.05, 3.63) is 58.6 Å². The number of hydrogen-bond acceptors (Lipinski definition) is 6. The Kier molecular flexibility index (Phi) is 7.09. The molecule has 1 amide bonds. The summed E-state index contributed by atoms with van der Waals surface area (Å²) in [4.78, 5) is 27.4. The molecule has 0 saturated carbocycles. The van der Waals surface area contributed by atoms with Crippen molar-refractivity contribution >= 4 is 17.4 Å². The number of nitrogens with zero attached hydrogens (tertiary/aromatic N) is 1. The second-order valence-electron chi connectivity index (χ2n) is 8.49. The van der Waals surface area contributed by atoms with Gasteiger partial charge in [0.25, 0.3) is 11.7 Å². The maximum absolute atomic E-state index is 13.1. The molecule has 1 N–H and O–H groups in total. The van der Waals surface area contributed by atoms with Gasteiger partial charge in [-0.15, -0.1) is 0 Å². The van der Waals surface area contributed by atoms with E-state index in [4.69, 9.17) is 13.9 Å². The quantitative estimate of drug-likeness (QED) is 0.367. The van der Waals surface area contributed by atoms with Crippen LogP contribution < -0.4 is 4.74 Å². The molecule has 1 saturated heterocycles. The molecular weight excluding hydrogens is 410 g/mol. The van der Waals surface area contributed by atoms with Gasteiger partial charge in [0.05, 0.1) is 31.7 Å². The van der Waals surface area contributed by atoms with Crippen LogP contribution in [0.15, 0.2) is 40.5 Å². The van der Waals surface area contributed by atoms with Gasteiger partial charge in [-0.3, -0.25) is 9.59 Å². The van der Waals surface area contributed by atoms with Gasteiger partial charge in [-0.05, 0) is 62.1 Å². The molecule has 2 aromatic rings. The predicted octanol–water partition coefficient (Wildman–Crippen LogP) is 4.57. The lowest BCUT2D eigenvalue weighted by Gasteiger charge is -2.24. The first-order valence-corrected chi connectivity index (χ1v) is 10.8. The second-order valence-corrected chi connectivity index (χ2v) is 8.49. The number of carbonyl (C=O) groups is 2. The molecule has 1 aliphatic rings. The van der Waals surface area contributed by atoms with Crippen molar-refractivity contribution in [2.75, 3.05) is 20.3 Å². The Bertz CT molecular complexity index is 1020. The SMILES string of the molecule is COc1cc(C)c(/C(O)=C2\C(=O)C(=O)N(CCOC(C)C)C2c2ccco2)cc1C(C)C. The van der Waals surface area contributed by atoms with E-state index in [1.54, 1.807) is 19.2 Å². The Balaban J connectivity index is 2.14. The van der Waals surface area contributed by atoms with E-state index >= 15 is 0 Å². The van der Waals surface area contributed by atoms with Crippen LogP contribution >= 0.6 is 0 Å². The molecule has 1 aliphatic heterocycles. The highest BCUT2D eigenvalue weighted by Crippen LogP contribution is 2.41. The van der Waals surface area contributed by atoms with Crippen LogP contribution in [0.4, 0.5) is 0 Å². The Morgan fingerprint density at radius 2 is 1.94 bits per heavy atom. The van der Waals surface area contributed by atoms with E-state index in [1.807, 2.05) is 46.8 Å². The molecule has 172 valence electrons. The van der Waals surface area contributed by atoms with Crippen molar-refractivity contribution in [3.8, 4) is 5.75 Å². The topological polar surface area (TPSA) is 89.2 Å². The molecule has 1 atom stereocenters. The molecule has 7 heteroatoms. The van der Waals surface area contributed by atoms with Crippen molar-refractivity contribution in [2.24, 2.45) is 0 Å². The van der Waals surface area contributed by atoms with E-state index in [0.29, 0.717) is 17.1 Å². The molecule has 1 aromatic carbocycles. The first kappa shape index (κ1) is 23.6. The molecule has 3 rings (SSSR count). The molecule has 1 fully saturated rings. The average molecular weight is 442 g/mol. The number of ketones is 1. The minimum atomic E-state index is -0.829. The number of likely N-dealkylation sites (tertiary alicyclic amines) is 1. The summed E-state index contributed by atoms with van der Waals surface area (Å²) >= 11 is 0. The standard InChI is InChI=1S/C25H31NO6/c1-14(2)17-13-18(16(5)12-20(17)30-6)23(27)21-22(19-8-7-10-32-19)26(25(29)24(21)28)9-11-31-15(3)4/h7-8,10,12-15,22,27H,9,11H2,1-6H3/b23-21+. The Labute approximate surface area is 188 Å². The maximum Gasteiger partial charge on any atom is 0.295 e. The molecule has 2 heterocycles. The lowest BCUT2D eigenvalue weighted by molar-refractivity contribution is -0.140. The number of ether oxygens (including phenoxy) is 2. The molecule has 0 radical (unpaired) electrons. The van der Waals surface area contributed by atoms with Gasteiger partial charge in [-0.1, -0.05) is 13.8 Å². The number of aliphatic hydroxyl groups is 1. The Morgan fingerprint density at radius 1 is 1.22 bits per heavy atom. The molecule has 7 nitrogen and oxygen atoms in total. The largest absolute Gasteiger partial charge is 0.507 e. The summed E-state index contributed by atoms with van der Waals surface area (Å²) in [6.07, 6.45) is 1.47. The summed E-state index contributed by atoms with van der Waals surface area (Å²) < 4.78 is 16.6. The minimum Gasteiger partial charge on any atom is -0.507 e. The van der Waals surface area contributed by atoms with Crippen LogP contribution in [0.25, 0.3) is 5.76 Å². The number of aliphatic hydroxyl groups excluding tert-OH is 1. The minimum absolute atomic E-state index is 0.00899. The number of Topliss-reactive ketones (excluding diaryl/α,β-unsaturated/α-hetero) is 1. The van der Waals surface area contributed by atoms with E-state index in [0.717, 1.165) is 11.1 Å². The number of amides is 1. The number of furan rings is 1. The summed E-state index contributed by atoms with van der Waals surface area (Å²) in [6.45, 7) is 10.1. The molecule has 0 spiro atoms. The van der Waals surface area contributed by atoms with E-state index in [-0.39, 0.29) is 36.5 Å². The number of hydrogen-bond donors (Lipinski definition) is 1. The van der Waals surface area contributed by atoms with Crippen molar-refractivity contribution in [1.29, 1.82) is 0 Å². The summed E-state index contributed by atoms with van der Waals surface area (Å²) in [6, 6.07) is 6.21. The molecule has 0 aliphatic carbocycles. The van der Waals surface area contributed by atoms with Crippen LogP contribution in [0.2, 0.25) is 0 Å². The Hall–Kier alpha value is -3.06. The highest BCUT2D eigenvalue weighted by molar-refractivity contribution is 6.46. The molecule has 1 aromatic heterocycles. The third-order valence-electron chi connectivity index (χ3n) is 5.59. The zero-order valence-corrected chi connectivity index (χ0v) is 19.5. The first-order chi connectivity index (χ1) is 15.2. The number of carbonyl (C=O) groups excluding carboxylic acids is 2. The zero-order chi connectivity index (χ0) is 23.6. The Morgan fingerprint density at radius 3 is 2.50 bits per heavy atom. The molecule has 0 bridgehead atoms. The molecule has 32 heavy (non-hydrogen) atoms. The van der Waals surface area contributed by atoms with Crippen LogP contribution in [0.1, 0.15) is 62.1 Å². The monoisotopic (exact) mass is 441 g/mol. The fraction of sp³-hybridized carbons (Fsp3) is 0.440. The van der Waals surface area contributed by atoms with Gasteiger partial charge in [-0.2, -0.15) is 0 Å². The highest BCUT2D eigenvalue weighted by atomic mass is 16.5. The van der Waals surface area contributed by atoms with E-state index < -0.39 is 17.7 Å². The fourth-order valence-electron chi connectivity index (χ4n) is 3.97. The molecule has 1 unspecified atom stereocenters. The van der Waals surface area contributed by atoms with E-state index in [9.17, 15) is 14.7 Å².